The van der Waals surface area contributed by atoms with E-state index < -0.39 is 10.6 Å². The Balaban J connectivity index is 3.02. The first kappa shape index (κ1) is 15.6. The van der Waals surface area contributed by atoms with E-state index in [1.165, 1.54) is 12.1 Å². The molecule has 106 valence electrons. The lowest BCUT2D eigenvalue weighted by Gasteiger charge is -2.31. The molecule has 0 aliphatic carbocycles. The van der Waals surface area contributed by atoms with E-state index >= 15 is 0 Å². The summed E-state index contributed by atoms with van der Waals surface area (Å²) < 4.78 is 0. The molecule has 0 aliphatic rings. The monoisotopic (exact) mass is 266 g/mol. The normalized spacial score (nSPS) is 13.2. The molecule has 0 fully saturated rings. The fraction of sp³-hybridized carbons (Fsp3) is 0.500. The van der Waals surface area contributed by atoms with Crippen molar-refractivity contribution in [3.05, 3.63) is 35.0 Å². The molecule has 2 N–H and O–H groups in total. The Hall–Kier alpha value is -1.43. The molecule has 1 aromatic rings. The minimum Gasteiger partial charge on any atom is -0.595 e. The van der Waals surface area contributed by atoms with Crippen molar-refractivity contribution in [1.82, 2.24) is 4.90 Å². The standard InChI is InChI=1S/C14H22N2O3/c1-5-15(6-2)13(17)14(3,4)11-7-9-12(10-8-11)16(18)19/h7-10,16,18H,5-6H2,1-4H3. The van der Waals surface area contributed by atoms with E-state index in [0.29, 0.717) is 13.1 Å². The summed E-state index contributed by atoms with van der Waals surface area (Å²) in [5.74, 6) is 0.0561. The number of hydrogen-bond acceptors (Lipinski definition) is 3. The summed E-state index contributed by atoms with van der Waals surface area (Å²) in [5, 5.41) is 18.7. The van der Waals surface area contributed by atoms with Gasteiger partial charge in [0.1, 0.15) is 0 Å². The lowest BCUT2D eigenvalue weighted by atomic mass is 9.83. The molecule has 0 bridgehead atoms. The molecule has 0 aromatic heterocycles. The molecule has 0 spiro atoms. The second-order valence-corrected chi connectivity index (χ2v) is 4.98. The molecule has 0 heterocycles. The van der Waals surface area contributed by atoms with E-state index in [-0.39, 0.29) is 11.6 Å². The lowest BCUT2D eigenvalue weighted by molar-refractivity contribution is -0.991. The highest BCUT2D eigenvalue weighted by atomic mass is 16.8. The highest BCUT2D eigenvalue weighted by Crippen LogP contribution is 2.26. The van der Waals surface area contributed by atoms with Gasteiger partial charge in [0.05, 0.1) is 5.41 Å². The third kappa shape index (κ3) is 3.32. The number of amides is 1. The molecule has 0 saturated heterocycles. The molecule has 5 heteroatoms. The van der Waals surface area contributed by atoms with Crippen LogP contribution in [-0.4, -0.2) is 29.1 Å². The predicted molar refractivity (Wildman–Crippen MR) is 73.2 cm³/mol. The Bertz CT molecular complexity index is 423. The van der Waals surface area contributed by atoms with Crippen LogP contribution >= 0.6 is 0 Å². The maximum absolute atomic E-state index is 12.5. The quantitative estimate of drug-likeness (QED) is 0.788. The number of nitrogens with one attached hydrogen (secondary N) is 1. The maximum atomic E-state index is 12.5. The molecule has 1 aromatic carbocycles. The van der Waals surface area contributed by atoms with Crippen LogP contribution in [-0.2, 0) is 10.2 Å². The zero-order chi connectivity index (χ0) is 14.6. The molecule has 1 atom stereocenters. The van der Waals surface area contributed by atoms with E-state index in [0.717, 1.165) is 5.56 Å². The first-order valence-corrected chi connectivity index (χ1v) is 6.47. The van der Waals surface area contributed by atoms with Crippen LogP contribution in [0.1, 0.15) is 33.3 Å². The van der Waals surface area contributed by atoms with Crippen molar-refractivity contribution >= 4 is 11.6 Å². The maximum Gasteiger partial charge on any atom is 0.232 e. The van der Waals surface area contributed by atoms with E-state index in [2.05, 4.69) is 0 Å². The van der Waals surface area contributed by atoms with Crippen LogP contribution in [0.25, 0.3) is 0 Å². The number of rotatable bonds is 5. The summed E-state index contributed by atoms with van der Waals surface area (Å²) >= 11 is 0. The molecule has 1 unspecified atom stereocenters. The van der Waals surface area contributed by atoms with Crippen LogP contribution in [0.3, 0.4) is 0 Å². The topological polar surface area (TPSA) is 68.0 Å². The van der Waals surface area contributed by atoms with Crippen LogP contribution in [0.2, 0.25) is 0 Å². The van der Waals surface area contributed by atoms with Crippen LogP contribution in [0.5, 0.6) is 0 Å². The van der Waals surface area contributed by atoms with E-state index in [4.69, 9.17) is 5.21 Å². The van der Waals surface area contributed by atoms with Crippen molar-refractivity contribution in [2.45, 2.75) is 33.1 Å². The van der Waals surface area contributed by atoms with Gasteiger partial charge in [0.25, 0.3) is 0 Å². The molecule has 0 aliphatic heterocycles. The molecule has 19 heavy (non-hydrogen) atoms. The molecule has 1 amide bonds. The highest BCUT2D eigenvalue weighted by molar-refractivity contribution is 5.87. The van der Waals surface area contributed by atoms with Crippen LogP contribution < -0.4 is 5.23 Å². The Morgan fingerprint density at radius 3 is 2.11 bits per heavy atom. The number of likely N-dealkylation sites (N-methyl/N-ethyl adjacent to an activating group) is 1. The molecular formula is C14H22N2O3. The molecule has 1 rings (SSSR count). The van der Waals surface area contributed by atoms with Crippen LogP contribution in [0, 0.1) is 5.21 Å². The van der Waals surface area contributed by atoms with Gasteiger partial charge in [-0.15, -0.1) is 0 Å². The molecule has 5 nitrogen and oxygen atoms in total. The minimum atomic E-state index is -0.959. The number of carbonyl (C=O) groups excluding carboxylic acids is 1. The van der Waals surface area contributed by atoms with Crippen LogP contribution in [0.4, 0.5) is 5.69 Å². The number of quaternary nitrogens is 1. The van der Waals surface area contributed by atoms with E-state index in [1.54, 1.807) is 17.0 Å². The fourth-order valence-corrected chi connectivity index (χ4v) is 2.06. The summed E-state index contributed by atoms with van der Waals surface area (Å²) in [4.78, 5) is 14.2. The zero-order valence-corrected chi connectivity index (χ0v) is 11.9. The van der Waals surface area contributed by atoms with E-state index in [9.17, 15) is 10.0 Å². The molecular weight excluding hydrogens is 244 g/mol. The molecule has 0 radical (unpaired) electrons. The third-order valence-corrected chi connectivity index (χ3v) is 3.44. The van der Waals surface area contributed by atoms with Crippen molar-refractivity contribution in [3.8, 4) is 0 Å². The Morgan fingerprint density at radius 1 is 1.26 bits per heavy atom. The summed E-state index contributed by atoms with van der Waals surface area (Å²) in [6, 6.07) is 6.50. The Kier molecular flexibility index (Phi) is 5.05. The second kappa shape index (κ2) is 6.14. The minimum absolute atomic E-state index is 0.0561. The predicted octanol–water partition coefficient (Wildman–Crippen LogP) is 1.24. The van der Waals surface area contributed by atoms with Gasteiger partial charge in [-0.25, -0.2) is 5.21 Å². The summed E-state index contributed by atoms with van der Waals surface area (Å²) in [5.41, 5.74) is 0.410. The Morgan fingerprint density at radius 2 is 1.74 bits per heavy atom. The van der Waals surface area contributed by atoms with Crippen LogP contribution in [0.15, 0.2) is 24.3 Å². The van der Waals surface area contributed by atoms with Gasteiger partial charge in [-0.05, 0) is 33.3 Å². The van der Waals surface area contributed by atoms with Gasteiger partial charge in [-0.3, -0.25) is 4.79 Å². The third-order valence-electron chi connectivity index (χ3n) is 3.44. The summed E-state index contributed by atoms with van der Waals surface area (Å²) in [6.07, 6.45) is 0. The van der Waals surface area contributed by atoms with Gasteiger partial charge < -0.3 is 10.1 Å². The number of hydrogen-bond donors (Lipinski definition) is 2. The number of benzene rings is 1. The largest absolute Gasteiger partial charge is 0.595 e. The first-order valence-electron chi connectivity index (χ1n) is 6.47. The van der Waals surface area contributed by atoms with Crippen molar-refractivity contribution in [2.24, 2.45) is 0 Å². The first-order chi connectivity index (χ1) is 8.84. The summed E-state index contributed by atoms with van der Waals surface area (Å²) in [6.45, 7) is 8.97. The average molecular weight is 266 g/mol. The second-order valence-electron chi connectivity index (χ2n) is 4.98. The van der Waals surface area contributed by atoms with Gasteiger partial charge in [0, 0.05) is 25.2 Å². The van der Waals surface area contributed by atoms with Gasteiger partial charge in [0.15, 0.2) is 5.69 Å². The van der Waals surface area contributed by atoms with Gasteiger partial charge in [-0.1, -0.05) is 12.1 Å². The van der Waals surface area contributed by atoms with Crippen molar-refractivity contribution < 1.29 is 15.2 Å². The van der Waals surface area contributed by atoms with Crippen molar-refractivity contribution in [2.75, 3.05) is 13.1 Å². The number of carbonyl (C=O) groups is 1. The molecule has 0 saturated carbocycles. The lowest BCUT2D eigenvalue weighted by Crippen LogP contribution is -2.99. The van der Waals surface area contributed by atoms with E-state index in [1.807, 2.05) is 27.7 Å². The highest BCUT2D eigenvalue weighted by Gasteiger charge is 2.32. The van der Waals surface area contributed by atoms with Crippen molar-refractivity contribution in [3.63, 3.8) is 0 Å². The Labute approximate surface area is 114 Å². The van der Waals surface area contributed by atoms with Gasteiger partial charge in [0.2, 0.25) is 5.91 Å². The summed E-state index contributed by atoms with van der Waals surface area (Å²) in [7, 11) is 0. The van der Waals surface area contributed by atoms with Crippen molar-refractivity contribution in [1.29, 1.82) is 0 Å². The van der Waals surface area contributed by atoms with Gasteiger partial charge in [-0.2, -0.15) is 5.23 Å². The smallest absolute Gasteiger partial charge is 0.232 e. The SMILES string of the molecule is CCN(CC)C(=O)C(C)(C)c1ccc([NH+]([O-])O)cc1. The average Bonchev–Trinajstić information content (AvgIpc) is 2.40. The fourth-order valence-electron chi connectivity index (χ4n) is 2.06. The number of nitrogens with zero attached hydrogens (tertiary/aromatic N) is 1. The van der Waals surface area contributed by atoms with Gasteiger partial charge >= 0.3 is 0 Å². The zero-order valence-electron chi connectivity index (χ0n) is 11.9.